The van der Waals surface area contributed by atoms with Gasteiger partial charge >= 0.3 is 0 Å². The highest BCUT2D eigenvalue weighted by Gasteiger charge is 2.18. The quantitative estimate of drug-likeness (QED) is 0.775. The summed E-state index contributed by atoms with van der Waals surface area (Å²) in [6.07, 6.45) is 0. The van der Waals surface area contributed by atoms with Gasteiger partial charge in [-0.05, 0) is 18.5 Å². The van der Waals surface area contributed by atoms with E-state index in [9.17, 15) is 4.79 Å². The van der Waals surface area contributed by atoms with Gasteiger partial charge in [0.05, 0.1) is 15.9 Å². The molecule has 4 rings (SSSR count). The predicted octanol–water partition coefficient (Wildman–Crippen LogP) is 2.48. The largest absolute Gasteiger partial charge is 0.486 e. The molecule has 0 saturated carbocycles. The summed E-state index contributed by atoms with van der Waals surface area (Å²) in [5, 5.41) is 7.14. The van der Waals surface area contributed by atoms with E-state index >= 15 is 0 Å². The molecule has 0 unspecified atom stereocenters. The standard InChI is InChI=1S/C13H10N4O3S2/c1-6-11(22-17-16-6)12(18)15-13-14-7-4-8-9(5-10(7)21-13)20-3-2-19-8/h4-5H,2-3H2,1H3,(H,14,15,18). The molecule has 1 N–H and O–H groups in total. The molecule has 0 aliphatic carbocycles. The van der Waals surface area contributed by atoms with E-state index in [0.29, 0.717) is 40.4 Å². The van der Waals surface area contributed by atoms with E-state index in [2.05, 4.69) is 19.9 Å². The topological polar surface area (TPSA) is 86.2 Å². The third-order valence-electron chi connectivity index (χ3n) is 3.13. The zero-order chi connectivity index (χ0) is 15.1. The van der Waals surface area contributed by atoms with Gasteiger partial charge in [-0.15, -0.1) is 5.10 Å². The van der Waals surface area contributed by atoms with Crippen LogP contribution < -0.4 is 14.8 Å². The number of amides is 1. The molecule has 7 nitrogen and oxygen atoms in total. The second-order valence-corrected chi connectivity index (χ2v) is 6.41. The molecular weight excluding hydrogens is 324 g/mol. The number of rotatable bonds is 2. The molecule has 0 bridgehead atoms. The lowest BCUT2D eigenvalue weighted by molar-refractivity contribution is 0.103. The smallest absolute Gasteiger partial charge is 0.271 e. The Bertz CT molecular complexity index is 830. The Morgan fingerprint density at radius 3 is 2.77 bits per heavy atom. The van der Waals surface area contributed by atoms with Gasteiger partial charge in [0.2, 0.25) is 0 Å². The van der Waals surface area contributed by atoms with Gasteiger partial charge in [-0.1, -0.05) is 15.8 Å². The van der Waals surface area contributed by atoms with Crippen molar-refractivity contribution < 1.29 is 14.3 Å². The number of anilines is 1. The maximum Gasteiger partial charge on any atom is 0.271 e. The molecule has 0 fully saturated rings. The van der Waals surface area contributed by atoms with E-state index in [1.165, 1.54) is 11.3 Å². The normalized spacial score (nSPS) is 13.3. The van der Waals surface area contributed by atoms with Gasteiger partial charge in [0.1, 0.15) is 18.1 Å². The fourth-order valence-corrected chi connectivity index (χ4v) is 3.53. The fraction of sp³-hybridized carbons (Fsp3) is 0.231. The van der Waals surface area contributed by atoms with Crippen LogP contribution >= 0.6 is 22.9 Å². The molecule has 112 valence electrons. The number of aryl methyl sites for hydroxylation is 1. The molecular formula is C13H10N4O3S2. The summed E-state index contributed by atoms with van der Waals surface area (Å²) in [6.45, 7) is 2.82. The monoisotopic (exact) mass is 334 g/mol. The number of aromatic nitrogens is 3. The molecule has 1 amide bonds. The summed E-state index contributed by atoms with van der Waals surface area (Å²) < 4.78 is 15.8. The van der Waals surface area contributed by atoms with Crippen molar-refractivity contribution in [1.29, 1.82) is 0 Å². The van der Waals surface area contributed by atoms with Crippen LogP contribution in [0, 0.1) is 6.92 Å². The highest BCUT2D eigenvalue weighted by molar-refractivity contribution is 7.22. The third kappa shape index (κ3) is 2.28. The van der Waals surface area contributed by atoms with Gasteiger partial charge in [-0.3, -0.25) is 10.1 Å². The maximum absolute atomic E-state index is 12.2. The van der Waals surface area contributed by atoms with Crippen molar-refractivity contribution >= 4 is 44.1 Å². The fourth-order valence-electron chi connectivity index (χ4n) is 2.11. The van der Waals surface area contributed by atoms with Crippen LogP contribution in [0.25, 0.3) is 10.2 Å². The number of benzene rings is 1. The van der Waals surface area contributed by atoms with Gasteiger partial charge in [0.15, 0.2) is 16.6 Å². The number of fused-ring (bicyclic) bond motifs is 2. The number of hydrogen-bond donors (Lipinski definition) is 1. The predicted molar refractivity (Wildman–Crippen MR) is 83.2 cm³/mol. The summed E-state index contributed by atoms with van der Waals surface area (Å²) >= 11 is 2.45. The number of carbonyl (C=O) groups is 1. The van der Waals surface area contributed by atoms with Crippen LogP contribution in [0.15, 0.2) is 12.1 Å². The molecule has 0 radical (unpaired) electrons. The van der Waals surface area contributed by atoms with Crippen LogP contribution in [0.1, 0.15) is 15.4 Å². The molecule has 1 aliphatic heterocycles. The van der Waals surface area contributed by atoms with Gasteiger partial charge in [0.25, 0.3) is 5.91 Å². The molecule has 2 aromatic heterocycles. The molecule has 3 aromatic rings. The summed E-state index contributed by atoms with van der Waals surface area (Å²) in [7, 11) is 0. The zero-order valence-electron chi connectivity index (χ0n) is 11.5. The number of ether oxygens (including phenoxy) is 2. The minimum atomic E-state index is -0.246. The number of nitrogens with one attached hydrogen (secondary N) is 1. The molecule has 9 heteroatoms. The summed E-state index contributed by atoms with van der Waals surface area (Å²) in [5.41, 5.74) is 1.38. The SMILES string of the molecule is Cc1nnsc1C(=O)Nc1nc2cc3c(cc2s1)OCCO3. The molecule has 0 atom stereocenters. The Morgan fingerprint density at radius 1 is 1.27 bits per heavy atom. The highest BCUT2D eigenvalue weighted by atomic mass is 32.1. The maximum atomic E-state index is 12.2. The van der Waals surface area contributed by atoms with Gasteiger partial charge in [0, 0.05) is 12.1 Å². The first kappa shape index (κ1) is 13.4. The highest BCUT2D eigenvalue weighted by Crippen LogP contribution is 2.37. The summed E-state index contributed by atoms with van der Waals surface area (Å²) in [5.74, 6) is 1.15. The van der Waals surface area contributed by atoms with Crippen molar-refractivity contribution in [3.05, 3.63) is 22.7 Å². The Labute approximate surface area is 133 Å². The van der Waals surface area contributed by atoms with Crippen LogP contribution in [-0.2, 0) is 0 Å². The van der Waals surface area contributed by atoms with E-state index in [4.69, 9.17) is 9.47 Å². The van der Waals surface area contributed by atoms with Crippen molar-refractivity contribution in [2.75, 3.05) is 18.5 Å². The van der Waals surface area contributed by atoms with Crippen LogP contribution in [0.4, 0.5) is 5.13 Å². The Morgan fingerprint density at radius 2 is 2.05 bits per heavy atom. The average Bonchev–Trinajstić information content (AvgIpc) is 3.09. The Balaban J connectivity index is 1.65. The first-order valence-electron chi connectivity index (χ1n) is 6.51. The van der Waals surface area contributed by atoms with Gasteiger partial charge < -0.3 is 9.47 Å². The number of hydrogen-bond acceptors (Lipinski definition) is 8. The van der Waals surface area contributed by atoms with Crippen molar-refractivity contribution in [2.45, 2.75) is 6.92 Å². The average molecular weight is 334 g/mol. The van der Waals surface area contributed by atoms with E-state index in [0.717, 1.165) is 21.7 Å². The number of thiazole rings is 1. The molecule has 1 aromatic carbocycles. The lowest BCUT2D eigenvalue weighted by Crippen LogP contribution is -2.15. The molecule has 1 aliphatic rings. The van der Waals surface area contributed by atoms with Crippen molar-refractivity contribution in [1.82, 2.24) is 14.6 Å². The van der Waals surface area contributed by atoms with Crippen molar-refractivity contribution in [3.63, 3.8) is 0 Å². The van der Waals surface area contributed by atoms with E-state index < -0.39 is 0 Å². The van der Waals surface area contributed by atoms with Crippen molar-refractivity contribution in [3.8, 4) is 11.5 Å². The Hall–Kier alpha value is -2.26. The Kier molecular flexibility index (Phi) is 3.16. The first-order chi connectivity index (χ1) is 10.7. The first-order valence-corrected chi connectivity index (χ1v) is 8.10. The third-order valence-corrected chi connectivity index (χ3v) is 4.89. The molecule has 22 heavy (non-hydrogen) atoms. The molecule has 0 spiro atoms. The zero-order valence-corrected chi connectivity index (χ0v) is 13.1. The van der Waals surface area contributed by atoms with Gasteiger partial charge in [-0.2, -0.15) is 0 Å². The molecule has 3 heterocycles. The second-order valence-electron chi connectivity index (χ2n) is 4.62. The lowest BCUT2D eigenvalue weighted by atomic mass is 10.3. The number of nitrogens with zero attached hydrogens (tertiary/aromatic N) is 3. The van der Waals surface area contributed by atoms with Crippen LogP contribution in [0.3, 0.4) is 0 Å². The lowest BCUT2D eigenvalue weighted by Gasteiger charge is -2.17. The van der Waals surface area contributed by atoms with E-state index in [-0.39, 0.29) is 5.91 Å². The molecule has 0 saturated heterocycles. The van der Waals surface area contributed by atoms with Gasteiger partial charge in [-0.25, -0.2) is 4.98 Å². The number of carbonyl (C=O) groups excluding carboxylic acids is 1. The summed E-state index contributed by atoms with van der Waals surface area (Å²) in [6, 6.07) is 3.71. The van der Waals surface area contributed by atoms with E-state index in [1.54, 1.807) is 6.92 Å². The van der Waals surface area contributed by atoms with Crippen LogP contribution in [-0.4, -0.2) is 33.7 Å². The minimum Gasteiger partial charge on any atom is -0.486 e. The van der Waals surface area contributed by atoms with Crippen molar-refractivity contribution in [2.24, 2.45) is 0 Å². The second kappa shape index (κ2) is 5.18. The summed E-state index contributed by atoms with van der Waals surface area (Å²) in [4.78, 5) is 17.1. The van der Waals surface area contributed by atoms with E-state index in [1.807, 2.05) is 12.1 Å². The van der Waals surface area contributed by atoms with Crippen LogP contribution in [0.5, 0.6) is 11.5 Å². The minimum absolute atomic E-state index is 0.246. The van der Waals surface area contributed by atoms with Crippen LogP contribution in [0.2, 0.25) is 0 Å².